The lowest BCUT2D eigenvalue weighted by Crippen LogP contribution is -2.04. The van der Waals surface area contributed by atoms with Crippen molar-refractivity contribution in [3.63, 3.8) is 0 Å². The Hall–Kier alpha value is -0.580. The Labute approximate surface area is 118 Å². The molecule has 2 rings (SSSR count). The van der Waals surface area contributed by atoms with E-state index in [0.717, 1.165) is 16.0 Å². The lowest BCUT2D eigenvalue weighted by Gasteiger charge is -2.12. The van der Waals surface area contributed by atoms with Gasteiger partial charge in [-0.25, -0.2) is 0 Å². The first kappa shape index (κ1) is 12.9. The van der Waals surface area contributed by atoms with Crippen molar-refractivity contribution < 1.29 is 0 Å². The largest absolute Gasteiger partial charge is 0.268 e. The van der Waals surface area contributed by atoms with Crippen LogP contribution >= 0.6 is 39.1 Å². The topological polar surface area (TPSA) is 30.7 Å². The van der Waals surface area contributed by atoms with Gasteiger partial charge >= 0.3 is 0 Å². The molecule has 0 radical (unpaired) electrons. The van der Waals surface area contributed by atoms with Gasteiger partial charge in [-0.05, 0) is 45.7 Å². The van der Waals surface area contributed by atoms with Crippen molar-refractivity contribution in [1.82, 2.24) is 14.8 Å². The summed E-state index contributed by atoms with van der Waals surface area (Å²) in [6.45, 7) is 4.07. The normalized spacial score (nSPS) is 11.2. The van der Waals surface area contributed by atoms with Gasteiger partial charge in [-0.1, -0.05) is 25.4 Å². The molecule has 0 bridgehead atoms. The third kappa shape index (κ3) is 2.49. The molecule has 0 aliphatic rings. The second kappa shape index (κ2) is 4.96. The zero-order valence-corrected chi connectivity index (χ0v) is 12.4. The van der Waals surface area contributed by atoms with Crippen LogP contribution in [0.4, 0.5) is 0 Å². The van der Waals surface area contributed by atoms with Crippen molar-refractivity contribution in [2.75, 3.05) is 0 Å². The number of benzene rings is 1. The Balaban J connectivity index is 2.67. The molecule has 6 heteroatoms. The summed E-state index contributed by atoms with van der Waals surface area (Å²) in [6, 6.07) is 5.51. The predicted molar refractivity (Wildman–Crippen MR) is 73.2 cm³/mol. The molecule has 0 saturated carbocycles. The van der Waals surface area contributed by atoms with E-state index >= 15 is 0 Å². The van der Waals surface area contributed by atoms with Crippen LogP contribution in [0.3, 0.4) is 0 Å². The quantitative estimate of drug-likeness (QED) is 0.811. The van der Waals surface area contributed by atoms with Gasteiger partial charge in [0.25, 0.3) is 0 Å². The van der Waals surface area contributed by atoms with Crippen LogP contribution in [-0.2, 0) is 0 Å². The minimum Gasteiger partial charge on any atom is -0.268 e. The first-order valence-corrected chi connectivity index (χ1v) is 6.62. The Morgan fingerprint density at radius 1 is 1.24 bits per heavy atom. The molecule has 0 spiro atoms. The minimum absolute atomic E-state index is 0.223. The fourth-order valence-corrected chi connectivity index (χ4v) is 2.34. The van der Waals surface area contributed by atoms with E-state index in [2.05, 4.69) is 26.1 Å². The lowest BCUT2D eigenvalue weighted by molar-refractivity contribution is 0.745. The molecule has 90 valence electrons. The molecule has 1 heterocycles. The highest BCUT2D eigenvalue weighted by Gasteiger charge is 2.17. The minimum atomic E-state index is 0.223. The maximum atomic E-state index is 6.07. The Kier molecular flexibility index (Phi) is 3.76. The van der Waals surface area contributed by atoms with Crippen molar-refractivity contribution in [1.29, 1.82) is 0 Å². The van der Waals surface area contributed by atoms with Crippen LogP contribution in [0.25, 0.3) is 5.69 Å². The number of nitrogens with zero attached hydrogens (tertiary/aromatic N) is 3. The molecular formula is C11H10BrCl2N3. The van der Waals surface area contributed by atoms with Crippen LogP contribution in [0.2, 0.25) is 10.3 Å². The van der Waals surface area contributed by atoms with E-state index in [9.17, 15) is 0 Å². The number of rotatable bonds is 2. The van der Waals surface area contributed by atoms with E-state index in [0.29, 0.717) is 10.3 Å². The van der Waals surface area contributed by atoms with Crippen LogP contribution in [-0.4, -0.2) is 14.8 Å². The number of aromatic nitrogens is 3. The maximum Gasteiger partial charge on any atom is 0.229 e. The van der Waals surface area contributed by atoms with E-state index in [4.69, 9.17) is 23.2 Å². The average molecular weight is 335 g/mol. The molecule has 0 fully saturated rings. The van der Waals surface area contributed by atoms with Gasteiger partial charge in [0.2, 0.25) is 5.28 Å². The standard InChI is InChI=1S/C11H10BrCl2N3/c1-6(2)10-15-16-11(14)17(10)9-5-7(13)3-4-8(9)12/h3-6H,1-2H3. The fourth-order valence-electron chi connectivity index (χ4n) is 1.53. The monoisotopic (exact) mass is 333 g/mol. The summed E-state index contributed by atoms with van der Waals surface area (Å²) in [5.41, 5.74) is 0.844. The molecule has 0 N–H and O–H groups in total. The molecule has 2 aromatic rings. The number of hydrogen-bond donors (Lipinski definition) is 0. The molecule has 0 aliphatic carbocycles. The lowest BCUT2D eigenvalue weighted by atomic mass is 10.2. The zero-order chi connectivity index (χ0) is 12.6. The molecule has 3 nitrogen and oxygen atoms in total. The number of halogens is 3. The van der Waals surface area contributed by atoms with Crippen molar-refractivity contribution >= 4 is 39.1 Å². The van der Waals surface area contributed by atoms with Crippen molar-refractivity contribution in [3.8, 4) is 5.69 Å². The van der Waals surface area contributed by atoms with Crippen LogP contribution < -0.4 is 0 Å². The smallest absolute Gasteiger partial charge is 0.229 e. The van der Waals surface area contributed by atoms with E-state index in [1.54, 1.807) is 4.57 Å². The summed E-state index contributed by atoms with van der Waals surface area (Å²) in [5, 5.41) is 8.95. The first-order valence-electron chi connectivity index (χ1n) is 5.07. The van der Waals surface area contributed by atoms with Gasteiger partial charge in [0.05, 0.1) is 5.69 Å². The molecule has 0 unspecified atom stereocenters. The Morgan fingerprint density at radius 2 is 1.94 bits per heavy atom. The second-order valence-corrected chi connectivity index (χ2v) is 5.54. The van der Waals surface area contributed by atoms with Gasteiger partial charge in [-0.15, -0.1) is 10.2 Å². The van der Waals surface area contributed by atoms with Gasteiger partial charge in [0.1, 0.15) is 5.82 Å². The van der Waals surface area contributed by atoms with Crippen molar-refractivity contribution in [2.45, 2.75) is 19.8 Å². The summed E-state index contributed by atoms with van der Waals surface area (Å²) >= 11 is 15.5. The van der Waals surface area contributed by atoms with Crippen molar-refractivity contribution in [3.05, 3.63) is 38.8 Å². The SMILES string of the molecule is CC(C)c1nnc(Cl)n1-c1cc(Cl)ccc1Br. The van der Waals surface area contributed by atoms with Crippen LogP contribution in [0.1, 0.15) is 25.6 Å². The van der Waals surface area contributed by atoms with Gasteiger partial charge in [0, 0.05) is 15.4 Å². The highest BCUT2D eigenvalue weighted by atomic mass is 79.9. The van der Waals surface area contributed by atoms with Crippen LogP contribution in [0.5, 0.6) is 0 Å². The second-order valence-electron chi connectivity index (χ2n) is 3.91. The van der Waals surface area contributed by atoms with Crippen LogP contribution in [0.15, 0.2) is 22.7 Å². The molecule has 0 aliphatic heterocycles. The molecule has 0 atom stereocenters. The zero-order valence-electron chi connectivity index (χ0n) is 9.28. The summed E-state index contributed by atoms with van der Waals surface area (Å²) < 4.78 is 2.69. The van der Waals surface area contributed by atoms with Gasteiger partial charge in [-0.3, -0.25) is 4.57 Å². The Bertz CT molecular complexity index is 552. The predicted octanol–water partition coefficient (Wildman–Crippen LogP) is 4.46. The summed E-state index contributed by atoms with van der Waals surface area (Å²) in [5.74, 6) is 1.03. The molecule has 1 aromatic heterocycles. The molecule has 0 amide bonds. The maximum absolute atomic E-state index is 6.07. The highest BCUT2D eigenvalue weighted by Crippen LogP contribution is 2.29. The third-order valence-corrected chi connectivity index (χ3v) is 3.46. The van der Waals surface area contributed by atoms with Gasteiger partial charge < -0.3 is 0 Å². The summed E-state index contributed by atoms with van der Waals surface area (Å²) in [7, 11) is 0. The molecule has 1 aromatic carbocycles. The third-order valence-electron chi connectivity index (χ3n) is 2.31. The average Bonchev–Trinajstić information content (AvgIpc) is 2.64. The van der Waals surface area contributed by atoms with E-state index in [1.165, 1.54) is 0 Å². The van der Waals surface area contributed by atoms with E-state index < -0.39 is 0 Å². The Morgan fingerprint density at radius 3 is 2.59 bits per heavy atom. The van der Waals surface area contributed by atoms with E-state index in [-0.39, 0.29) is 5.92 Å². The van der Waals surface area contributed by atoms with Gasteiger partial charge in [-0.2, -0.15) is 0 Å². The fraction of sp³-hybridized carbons (Fsp3) is 0.273. The molecule has 17 heavy (non-hydrogen) atoms. The first-order chi connectivity index (χ1) is 8.00. The van der Waals surface area contributed by atoms with Gasteiger partial charge in [0.15, 0.2) is 0 Å². The summed E-state index contributed by atoms with van der Waals surface area (Å²) in [6.07, 6.45) is 0. The van der Waals surface area contributed by atoms with E-state index in [1.807, 2.05) is 32.0 Å². The van der Waals surface area contributed by atoms with Crippen molar-refractivity contribution in [2.24, 2.45) is 0 Å². The number of hydrogen-bond acceptors (Lipinski definition) is 2. The molecule has 0 saturated heterocycles. The summed E-state index contributed by atoms with van der Waals surface area (Å²) in [4.78, 5) is 0. The van der Waals surface area contributed by atoms with Crippen LogP contribution in [0, 0.1) is 0 Å². The molecular weight excluding hydrogens is 325 g/mol. The highest BCUT2D eigenvalue weighted by molar-refractivity contribution is 9.10.